The summed E-state index contributed by atoms with van der Waals surface area (Å²) in [6.07, 6.45) is 3.38. The van der Waals surface area contributed by atoms with Gasteiger partial charge in [0, 0.05) is 12.4 Å². The van der Waals surface area contributed by atoms with E-state index in [1.54, 1.807) is 12.4 Å². The first-order chi connectivity index (χ1) is 8.72. The van der Waals surface area contributed by atoms with Crippen molar-refractivity contribution in [3.05, 3.63) is 23.2 Å². The lowest BCUT2D eigenvalue weighted by Crippen LogP contribution is -2.78. The highest BCUT2D eigenvalue weighted by Gasteiger charge is 2.48. The van der Waals surface area contributed by atoms with Crippen molar-refractivity contribution in [1.29, 1.82) is 0 Å². The molecule has 1 aromatic heterocycles. The molecule has 4 bridgehead atoms. The molecule has 6 nitrogen and oxygen atoms in total. The monoisotopic (exact) mass is 267 g/mol. The van der Waals surface area contributed by atoms with Gasteiger partial charge in [-0.2, -0.15) is 0 Å². The summed E-state index contributed by atoms with van der Waals surface area (Å²) < 4.78 is 1.01. The first kappa shape index (κ1) is 11.1. The third-order valence-corrected chi connectivity index (χ3v) is 4.22. The van der Waals surface area contributed by atoms with Crippen molar-refractivity contribution in [2.24, 2.45) is 0 Å². The topological polar surface area (TPSA) is 35.5 Å². The largest absolute Gasteiger partial charge is 0.281 e. The van der Waals surface area contributed by atoms with Crippen molar-refractivity contribution in [3.63, 3.8) is 0 Å². The molecule has 5 heterocycles. The van der Waals surface area contributed by atoms with Crippen molar-refractivity contribution in [2.45, 2.75) is 6.54 Å². The van der Waals surface area contributed by atoms with Gasteiger partial charge >= 0.3 is 0 Å². The van der Waals surface area contributed by atoms with Gasteiger partial charge in [-0.15, -0.1) is 0 Å². The molecule has 0 amide bonds. The van der Waals surface area contributed by atoms with Crippen LogP contribution in [0.5, 0.6) is 0 Å². The number of nitrogens with zero attached hydrogens (tertiary/aromatic N) is 6. The predicted molar refractivity (Wildman–Crippen MR) is 65.7 cm³/mol. The highest BCUT2D eigenvalue weighted by molar-refractivity contribution is 6.29. The lowest BCUT2D eigenvalue weighted by molar-refractivity contribution is -0.991. The van der Waals surface area contributed by atoms with Crippen molar-refractivity contribution in [3.8, 4) is 0 Å². The molecule has 4 saturated heterocycles. The third kappa shape index (κ3) is 1.72. The van der Waals surface area contributed by atoms with Crippen LogP contribution in [0.25, 0.3) is 0 Å². The van der Waals surface area contributed by atoms with Crippen molar-refractivity contribution >= 4 is 11.6 Å². The van der Waals surface area contributed by atoms with E-state index < -0.39 is 0 Å². The Morgan fingerprint density at radius 2 is 1.56 bits per heavy atom. The van der Waals surface area contributed by atoms with Gasteiger partial charge in [-0.3, -0.25) is 9.47 Å². The van der Waals surface area contributed by atoms with Crippen LogP contribution >= 0.6 is 11.6 Å². The van der Waals surface area contributed by atoms with Crippen LogP contribution in [0.15, 0.2) is 12.4 Å². The first-order valence-electron chi connectivity index (χ1n) is 6.20. The van der Waals surface area contributed by atoms with Gasteiger partial charge in [-0.05, 0) is 0 Å². The maximum atomic E-state index is 6.14. The Morgan fingerprint density at radius 3 is 2.11 bits per heavy atom. The zero-order valence-electron chi connectivity index (χ0n) is 10.2. The normalized spacial score (nSPS) is 41.3. The van der Waals surface area contributed by atoms with Gasteiger partial charge in [0.1, 0.15) is 32.2 Å². The summed E-state index contributed by atoms with van der Waals surface area (Å²) in [5.74, 6) is 0. The van der Waals surface area contributed by atoms with Crippen LogP contribution in [0.4, 0.5) is 0 Å². The second-order valence-corrected chi connectivity index (χ2v) is 6.01. The van der Waals surface area contributed by atoms with Crippen LogP contribution in [-0.2, 0) is 6.54 Å². The molecular weight excluding hydrogens is 252 g/mol. The van der Waals surface area contributed by atoms with Gasteiger partial charge in [0.15, 0.2) is 5.15 Å². The van der Waals surface area contributed by atoms with Crippen molar-refractivity contribution in [1.82, 2.24) is 24.7 Å². The highest BCUT2D eigenvalue weighted by Crippen LogP contribution is 2.31. The van der Waals surface area contributed by atoms with Crippen LogP contribution in [0.2, 0.25) is 5.15 Å². The Balaban J connectivity index is 1.63. The predicted octanol–water partition coefficient (Wildman–Crippen LogP) is 0.139. The molecule has 4 aliphatic heterocycles. The fraction of sp³-hybridized carbons (Fsp3) is 0.636. The average molecular weight is 268 g/mol. The number of halogens is 1. The van der Waals surface area contributed by atoms with Crippen LogP contribution in [0.3, 0.4) is 0 Å². The van der Waals surface area contributed by atoms with Crippen LogP contribution in [-0.4, -0.2) is 69.2 Å². The molecule has 96 valence electrons. The molecule has 1 aromatic rings. The molecule has 0 spiro atoms. The number of rotatable bonds is 2. The Kier molecular flexibility index (Phi) is 2.37. The lowest BCUT2D eigenvalue weighted by Gasteiger charge is -2.60. The molecular formula is C11H16ClN6+. The lowest BCUT2D eigenvalue weighted by atomic mass is 10.2. The zero-order chi connectivity index (χ0) is 12.2. The molecule has 4 aliphatic rings. The molecule has 0 N–H and O–H groups in total. The molecule has 7 heteroatoms. The van der Waals surface area contributed by atoms with Crippen molar-refractivity contribution in [2.75, 3.05) is 40.0 Å². The second kappa shape index (κ2) is 3.85. The molecule has 5 rings (SSSR count). The van der Waals surface area contributed by atoms with Crippen LogP contribution in [0.1, 0.15) is 5.69 Å². The van der Waals surface area contributed by atoms with E-state index in [0.717, 1.165) is 56.7 Å². The van der Waals surface area contributed by atoms with E-state index in [0.29, 0.717) is 5.15 Å². The Bertz CT molecular complexity index is 443. The number of hydrogen-bond donors (Lipinski definition) is 0. The average Bonchev–Trinajstić information content (AvgIpc) is 2.30. The third-order valence-electron chi connectivity index (χ3n) is 3.91. The fourth-order valence-corrected chi connectivity index (χ4v) is 3.75. The van der Waals surface area contributed by atoms with Gasteiger partial charge < -0.3 is 0 Å². The number of aromatic nitrogens is 2. The summed E-state index contributed by atoms with van der Waals surface area (Å²) in [6, 6.07) is 0. The quantitative estimate of drug-likeness (QED) is 0.713. The maximum Gasteiger partial charge on any atom is 0.156 e. The minimum atomic E-state index is 0.548. The Labute approximate surface area is 111 Å². The minimum absolute atomic E-state index is 0.548. The summed E-state index contributed by atoms with van der Waals surface area (Å²) in [5, 5.41) is 0.548. The molecule has 0 saturated carbocycles. The Hall–Kier alpha value is -0.790. The molecule has 0 unspecified atom stereocenters. The van der Waals surface area contributed by atoms with Gasteiger partial charge in [0.05, 0.1) is 20.0 Å². The molecule has 0 atom stereocenters. The van der Waals surface area contributed by atoms with Crippen LogP contribution in [0, 0.1) is 0 Å². The van der Waals surface area contributed by atoms with E-state index in [2.05, 4.69) is 24.7 Å². The van der Waals surface area contributed by atoms with Gasteiger partial charge in [0.25, 0.3) is 0 Å². The summed E-state index contributed by atoms with van der Waals surface area (Å²) in [7, 11) is 0. The first-order valence-corrected chi connectivity index (χ1v) is 6.58. The SMILES string of the molecule is Clc1nccnc1C[N+]12CN3CN(CN(C3)C1)C2. The van der Waals surface area contributed by atoms with Gasteiger partial charge in [-0.1, -0.05) is 11.6 Å². The van der Waals surface area contributed by atoms with Crippen molar-refractivity contribution < 1.29 is 4.48 Å². The molecule has 0 aliphatic carbocycles. The summed E-state index contributed by atoms with van der Waals surface area (Å²) in [4.78, 5) is 16.0. The van der Waals surface area contributed by atoms with Gasteiger partial charge in [-0.25, -0.2) is 19.7 Å². The summed E-state index contributed by atoms with van der Waals surface area (Å²) in [6.45, 7) is 7.47. The number of hydrogen-bond acceptors (Lipinski definition) is 5. The summed E-state index contributed by atoms with van der Waals surface area (Å²) >= 11 is 6.14. The van der Waals surface area contributed by atoms with Crippen LogP contribution < -0.4 is 0 Å². The fourth-order valence-electron chi connectivity index (χ4n) is 3.58. The van der Waals surface area contributed by atoms with E-state index in [-0.39, 0.29) is 0 Å². The molecule has 0 aromatic carbocycles. The Morgan fingerprint density at radius 1 is 1.00 bits per heavy atom. The highest BCUT2D eigenvalue weighted by atomic mass is 35.5. The number of quaternary nitrogens is 1. The second-order valence-electron chi connectivity index (χ2n) is 5.65. The van der Waals surface area contributed by atoms with E-state index in [1.807, 2.05) is 0 Å². The summed E-state index contributed by atoms with van der Waals surface area (Å²) in [5.41, 5.74) is 0.921. The van der Waals surface area contributed by atoms with E-state index >= 15 is 0 Å². The minimum Gasteiger partial charge on any atom is -0.281 e. The molecule has 4 fully saturated rings. The maximum absolute atomic E-state index is 6.14. The van der Waals surface area contributed by atoms with Gasteiger partial charge in [0.2, 0.25) is 0 Å². The van der Waals surface area contributed by atoms with E-state index in [1.165, 1.54) is 0 Å². The van der Waals surface area contributed by atoms with E-state index in [4.69, 9.17) is 11.6 Å². The standard InChI is InChI=1S/C11H16ClN6/c12-11-10(13-1-2-14-11)3-18-7-15-4-16(8-18)6-17(5-15)9-18/h1-2H,3-9H2/q+1. The smallest absolute Gasteiger partial charge is 0.156 e. The zero-order valence-corrected chi connectivity index (χ0v) is 10.9. The van der Waals surface area contributed by atoms with E-state index in [9.17, 15) is 0 Å². The molecule has 18 heavy (non-hydrogen) atoms. The molecule has 0 radical (unpaired) electrons.